The lowest BCUT2D eigenvalue weighted by atomic mass is 9.90. The molecule has 1 rings (SSSR count). The molecule has 0 aromatic heterocycles. The summed E-state index contributed by atoms with van der Waals surface area (Å²) in [5.74, 6) is 0.850. The van der Waals surface area contributed by atoms with Gasteiger partial charge < -0.3 is 0 Å². The summed E-state index contributed by atoms with van der Waals surface area (Å²) in [5.41, 5.74) is 0.789. The van der Waals surface area contributed by atoms with Crippen LogP contribution >= 0.6 is 0 Å². The molecule has 1 atom stereocenters. The number of hydrogen-bond acceptors (Lipinski definition) is 1. The molecule has 1 aliphatic carbocycles. The van der Waals surface area contributed by atoms with E-state index in [0.717, 1.165) is 19.3 Å². The van der Waals surface area contributed by atoms with Crippen LogP contribution in [0.2, 0.25) is 0 Å². The Hall–Kier alpha value is -0.590. The van der Waals surface area contributed by atoms with Crippen molar-refractivity contribution in [2.45, 2.75) is 67.7 Å². The van der Waals surface area contributed by atoms with Crippen LogP contribution in [0.1, 0.15) is 67.7 Å². The van der Waals surface area contributed by atoms with Crippen molar-refractivity contribution < 1.29 is 4.79 Å². The summed E-state index contributed by atoms with van der Waals surface area (Å²) in [5, 5.41) is 0. The highest BCUT2D eigenvalue weighted by Crippen LogP contribution is 2.39. The smallest absolute Gasteiger partial charge is 0.136 e. The SMILES string of the molecule is C=C.CC(C)(C)C.CCC1CC(C)(C)CC1=O. The van der Waals surface area contributed by atoms with Gasteiger partial charge in [0.05, 0.1) is 0 Å². The van der Waals surface area contributed by atoms with E-state index in [4.69, 9.17) is 0 Å². The van der Waals surface area contributed by atoms with Gasteiger partial charge in [-0.3, -0.25) is 4.79 Å². The van der Waals surface area contributed by atoms with Crippen molar-refractivity contribution in [2.24, 2.45) is 16.7 Å². The first-order valence-corrected chi connectivity index (χ1v) is 6.58. The molecule has 1 nitrogen and oxygen atoms in total. The molecule has 0 saturated heterocycles. The maximum Gasteiger partial charge on any atom is 0.136 e. The van der Waals surface area contributed by atoms with Crippen LogP contribution in [0.25, 0.3) is 0 Å². The summed E-state index contributed by atoms with van der Waals surface area (Å²) in [6.45, 7) is 21.2. The van der Waals surface area contributed by atoms with Crippen LogP contribution < -0.4 is 0 Å². The zero-order valence-corrected chi connectivity index (χ0v) is 13.0. The number of rotatable bonds is 1. The van der Waals surface area contributed by atoms with E-state index in [1.54, 1.807) is 0 Å². The van der Waals surface area contributed by atoms with Crippen LogP contribution in [0.5, 0.6) is 0 Å². The van der Waals surface area contributed by atoms with Gasteiger partial charge in [-0.2, -0.15) is 0 Å². The molecule has 0 amide bonds. The van der Waals surface area contributed by atoms with E-state index in [9.17, 15) is 4.79 Å². The van der Waals surface area contributed by atoms with E-state index < -0.39 is 0 Å². The molecule has 0 bridgehead atoms. The minimum absolute atomic E-state index is 0.289. The van der Waals surface area contributed by atoms with Crippen LogP contribution in [0.3, 0.4) is 0 Å². The summed E-state index contributed by atoms with van der Waals surface area (Å²) >= 11 is 0. The van der Waals surface area contributed by atoms with E-state index in [2.05, 4.69) is 61.6 Å². The van der Waals surface area contributed by atoms with Gasteiger partial charge in [0.15, 0.2) is 0 Å². The standard InChI is InChI=1S/C9H16O.C5H12.C2H4/c1-4-7-5-9(2,3)6-8(7)10;1-5(2,3)4;1-2/h7H,4-6H2,1-3H3;1-4H3;1-2H2. The highest BCUT2D eigenvalue weighted by molar-refractivity contribution is 5.83. The van der Waals surface area contributed by atoms with E-state index in [1.165, 1.54) is 0 Å². The normalized spacial score (nSPS) is 22.1. The van der Waals surface area contributed by atoms with Crippen LogP contribution in [0.4, 0.5) is 0 Å². The van der Waals surface area contributed by atoms with Gasteiger partial charge in [-0.1, -0.05) is 48.5 Å². The fourth-order valence-corrected chi connectivity index (χ4v) is 1.84. The van der Waals surface area contributed by atoms with Crippen LogP contribution in [0, 0.1) is 16.7 Å². The fourth-order valence-electron chi connectivity index (χ4n) is 1.84. The predicted molar refractivity (Wildman–Crippen MR) is 78.2 cm³/mol. The lowest BCUT2D eigenvalue weighted by Gasteiger charge is -2.14. The molecule has 0 aromatic carbocycles. The third-order valence-corrected chi connectivity index (χ3v) is 2.40. The molecular weight excluding hydrogens is 208 g/mol. The molecule has 102 valence electrons. The minimum atomic E-state index is 0.289. The first-order chi connectivity index (χ1) is 7.55. The monoisotopic (exact) mass is 240 g/mol. The second-order valence-electron chi connectivity index (χ2n) is 7.12. The van der Waals surface area contributed by atoms with Gasteiger partial charge in [0, 0.05) is 12.3 Å². The van der Waals surface area contributed by atoms with Gasteiger partial charge >= 0.3 is 0 Å². The maximum atomic E-state index is 11.2. The fraction of sp³-hybridized carbons (Fsp3) is 0.812. The van der Waals surface area contributed by atoms with Crippen molar-refractivity contribution in [1.82, 2.24) is 0 Å². The number of carbonyl (C=O) groups excluding carboxylic acids is 1. The third kappa shape index (κ3) is 11.7. The molecule has 0 aromatic rings. The Balaban J connectivity index is 0. The first-order valence-electron chi connectivity index (χ1n) is 6.58. The summed E-state index contributed by atoms with van der Waals surface area (Å²) in [4.78, 5) is 11.2. The quantitative estimate of drug-likeness (QED) is 0.572. The van der Waals surface area contributed by atoms with E-state index in [1.807, 2.05) is 0 Å². The van der Waals surface area contributed by atoms with Crippen molar-refractivity contribution in [3.8, 4) is 0 Å². The molecule has 1 heteroatoms. The molecule has 0 radical (unpaired) electrons. The number of carbonyl (C=O) groups is 1. The molecule has 1 aliphatic rings. The third-order valence-electron chi connectivity index (χ3n) is 2.40. The summed E-state index contributed by atoms with van der Waals surface area (Å²) in [6, 6.07) is 0. The van der Waals surface area contributed by atoms with Crippen molar-refractivity contribution >= 4 is 5.78 Å². The van der Waals surface area contributed by atoms with E-state index in [-0.39, 0.29) is 5.41 Å². The number of Topliss-reactive ketones (excluding diaryl/α,β-unsaturated/α-hetero) is 1. The molecule has 0 heterocycles. The van der Waals surface area contributed by atoms with Gasteiger partial charge in [-0.25, -0.2) is 0 Å². The predicted octanol–water partition coefficient (Wildman–Crippen LogP) is 5.26. The molecule has 17 heavy (non-hydrogen) atoms. The van der Waals surface area contributed by atoms with Crippen LogP contribution in [-0.2, 0) is 4.79 Å². The second-order valence-corrected chi connectivity index (χ2v) is 7.12. The van der Waals surface area contributed by atoms with Gasteiger partial charge in [0.25, 0.3) is 0 Å². The molecular formula is C16H32O. The molecule has 0 N–H and O–H groups in total. The Morgan fingerprint density at radius 2 is 1.59 bits per heavy atom. The topological polar surface area (TPSA) is 17.1 Å². The maximum absolute atomic E-state index is 11.2. The van der Waals surface area contributed by atoms with Gasteiger partial charge in [0.1, 0.15) is 5.78 Å². The Bertz CT molecular complexity index is 214. The summed E-state index contributed by atoms with van der Waals surface area (Å²) in [7, 11) is 0. The van der Waals surface area contributed by atoms with Crippen molar-refractivity contribution in [3.05, 3.63) is 13.2 Å². The molecule has 1 fully saturated rings. The van der Waals surface area contributed by atoms with E-state index in [0.29, 0.717) is 17.1 Å². The Labute approximate surface area is 109 Å². The minimum Gasteiger partial charge on any atom is -0.299 e. The number of ketones is 1. The van der Waals surface area contributed by atoms with Crippen LogP contribution in [0.15, 0.2) is 13.2 Å². The first kappa shape index (κ1) is 18.8. The van der Waals surface area contributed by atoms with Crippen molar-refractivity contribution in [1.29, 1.82) is 0 Å². The highest BCUT2D eigenvalue weighted by atomic mass is 16.1. The highest BCUT2D eigenvalue weighted by Gasteiger charge is 2.36. The van der Waals surface area contributed by atoms with Crippen LogP contribution in [-0.4, -0.2) is 5.78 Å². The van der Waals surface area contributed by atoms with Crippen molar-refractivity contribution in [2.75, 3.05) is 0 Å². The van der Waals surface area contributed by atoms with Gasteiger partial charge in [0.2, 0.25) is 0 Å². The van der Waals surface area contributed by atoms with Crippen molar-refractivity contribution in [3.63, 3.8) is 0 Å². The average Bonchev–Trinajstić information content (AvgIpc) is 2.40. The second kappa shape index (κ2) is 7.68. The van der Waals surface area contributed by atoms with Gasteiger partial charge in [-0.05, 0) is 23.7 Å². The Morgan fingerprint density at radius 3 is 1.71 bits per heavy atom. The molecule has 1 unspecified atom stereocenters. The largest absolute Gasteiger partial charge is 0.299 e. The Kier molecular flexibility index (Phi) is 8.48. The lowest BCUT2D eigenvalue weighted by Crippen LogP contribution is -2.04. The lowest BCUT2D eigenvalue weighted by molar-refractivity contribution is -0.121. The van der Waals surface area contributed by atoms with E-state index >= 15 is 0 Å². The molecule has 0 spiro atoms. The average molecular weight is 240 g/mol. The summed E-state index contributed by atoms with van der Waals surface area (Å²) in [6.07, 6.45) is 2.93. The zero-order chi connectivity index (χ0) is 14.3. The molecule has 0 aliphatic heterocycles. The molecule has 1 saturated carbocycles. The van der Waals surface area contributed by atoms with Gasteiger partial charge in [-0.15, -0.1) is 13.2 Å². The Morgan fingerprint density at radius 1 is 1.24 bits per heavy atom. The zero-order valence-electron chi connectivity index (χ0n) is 13.0. The number of hydrogen-bond donors (Lipinski definition) is 0. The summed E-state index contributed by atoms with van der Waals surface area (Å²) < 4.78 is 0.